The summed E-state index contributed by atoms with van der Waals surface area (Å²) in [7, 11) is 1.44. The van der Waals surface area contributed by atoms with Gasteiger partial charge < -0.3 is 14.8 Å². The summed E-state index contributed by atoms with van der Waals surface area (Å²) in [5.41, 5.74) is 0.922. The van der Waals surface area contributed by atoms with Gasteiger partial charge in [-0.1, -0.05) is 18.2 Å². The number of rotatable bonds is 6. The maximum absolute atomic E-state index is 14.1. The number of hydrogen-bond acceptors (Lipinski definition) is 4. The molecule has 0 atom stereocenters. The first-order valence-electron chi connectivity index (χ1n) is 7.89. The zero-order valence-corrected chi connectivity index (χ0v) is 14.8. The molecule has 4 nitrogen and oxygen atoms in total. The molecule has 0 fully saturated rings. The van der Waals surface area contributed by atoms with Crippen molar-refractivity contribution < 1.29 is 18.7 Å². The largest absolute Gasteiger partial charge is 0.494 e. The monoisotopic (exact) mass is 359 g/mol. The summed E-state index contributed by atoms with van der Waals surface area (Å²) >= 11 is 1.22. The topological polar surface area (TPSA) is 47.6 Å². The Morgan fingerprint density at radius 3 is 2.80 bits per heavy atom. The summed E-state index contributed by atoms with van der Waals surface area (Å²) < 4.78 is 25.5. The van der Waals surface area contributed by atoms with Gasteiger partial charge in [0.15, 0.2) is 5.75 Å². The van der Waals surface area contributed by atoms with Crippen molar-refractivity contribution in [3.8, 4) is 11.5 Å². The number of ether oxygens (including phenoxy) is 2. The third kappa shape index (κ3) is 3.58. The average molecular weight is 359 g/mol. The quantitative estimate of drug-likeness (QED) is 0.711. The molecule has 6 heteroatoms. The Morgan fingerprint density at radius 2 is 2.04 bits per heavy atom. The van der Waals surface area contributed by atoms with Gasteiger partial charge in [0.05, 0.1) is 19.1 Å². The SMILES string of the molecule is CCOc1cccc(CNC(=O)c2sc3cccc(F)c3c2OC)c1. The van der Waals surface area contributed by atoms with Crippen LogP contribution < -0.4 is 14.8 Å². The molecule has 0 radical (unpaired) electrons. The van der Waals surface area contributed by atoms with Crippen LogP contribution in [-0.4, -0.2) is 19.6 Å². The van der Waals surface area contributed by atoms with Crippen molar-refractivity contribution in [2.45, 2.75) is 13.5 Å². The third-order valence-electron chi connectivity index (χ3n) is 3.69. The van der Waals surface area contributed by atoms with E-state index in [0.717, 1.165) is 11.3 Å². The van der Waals surface area contributed by atoms with Crippen molar-refractivity contribution in [1.82, 2.24) is 5.32 Å². The van der Waals surface area contributed by atoms with Crippen molar-refractivity contribution in [3.05, 3.63) is 58.7 Å². The number of nitrogens with one attached hydrogen (secondary N) is 1. The first-order chi connectivity index (χ1) is 12.1. The molecule has 130 valence electrons. The number of hydrogen-bond donors (Lipinski definition) is 1. The lowest BCUT2D eigenvalue weighted by Gasteiger charge is -2.08. The first-order valence-corrected chi connectivity index (χ1v) is 8.70. The summed E-state index contributed by atoms with van der Waals surface area (Å²) in [6, 6.07) is 12.3. The van der Waals surface area contributed by atoms with Crippen molar-refractivity contribution in [2.24, 2.45) is 0 Å². The highest BCUT2D eigenvalue weighted by molar-refractivity contribution is 7.21. The Balaban J connectivity index is 1.81. The van der Waals surface area contributed by atoms with E-state index < -0.39 is 5.82 Å². The van der Waals surface area contributed by atoms with Gasteiger partial charge in [0.25, 0.3) is 5.91 Å². The average Bonchev–Trinajstić information content (AvgIpc) is 3.00. The lowest BCUT2D eigenvalue weighted by molar-refractivity contribution is 0.0952. The zero-order chi connectivity index (χ0) is 17.8. The zero-order valence-electron chi connectivity index (χ0n) is 14.0. The first kappa shape index (κ1) is 17.2. The molecule has 0 saturated carbocycles. The minimum Gasteiger partial charge on any atom is -0.494 e. The summed E-state index contributed by atoms with van der Waals surface area (Å²) in [4.78, 5) is 12.9. The molecule has 0 unspecified atom stereocenters. The predicted octanol–water partition coefficient (Wildman–Crippen LogP) is 4.38. The maximum atomic E-state index is 14.1. The number of thiophene rings is 1. The van der Waals surface area contributed by atoms with Crippen LogP contribution in [0.3, 0.4) is 0 Å². The van der Waals surface area contributed by atoms with Crippen LogP contribution in [-0.2, 0) is 6.54 Å². The van der Waals surface area contributed by atoms with Crippen LogP contribution in [0, 0.1) is 5.82 Å². The van der Waals surface area contributed by atoms with E-state index in [1.165, 1.54) is 24.5 Å². The number of methoxy groups -OCH3 is 1. The smallest absolute Gasteiger partial charge is 0.265 e. The molecule has 1 N–H and O–H groups in total. The summed E-state index contributed by atoms with van der Waals surface area (Å²) in [5, 5.41) is 3.20. The molecule has 25 heavy (non-hydrogen) atoms. The van der Waals surface area contributed by atoms with Crippen LogP contribution >= 0.6 is 11.3 Å². The number of halogens is 1. The fourth-order valence-electron chi connectivity index (χ4n) is 2.60. The number of benzene rings is 2. The lowest BCUT2D eigenvalue weighted by Crippen LogP contribution is -2.22. The fraction of sp³-hybridized carbons (Fsp3) is 0.211. The third-order valence-corrected chi connectivity index (χ3v) is 4.83. The van der Waals surface area contributed by atoms with Gasteiger partial charge in [-0.05, 0) is 36.8 Å². The van der Waals surface area contributed by atoms with Crippen LogP contribution in [0.5, 0.6) is 11.5 Å². The Labute approximate surface area is 149 Å². The van der Waals surface area contributed by atoms with Gasteiger partial charge in [0, 0.05) is 11.2 Å². The van der Waals surface area contributed by atoms with E-state index >= 15 is 0 Å². The molecule has 2 aromatic carbocycles. The standard InChI is InChI=1S/C19H18FNO3S/c1-3-24-13-7-4-6-12(10-13)11-21-19(22)18-17(23-2)16-14(20)8-5-9-15(16)25-18/h4-10H,3,11H2,1-2H3,(H,21,22). The normalized spacial score (nSPS) is 10.7. The van der Waals surface area contributed by atoms with Crippen molar-refractivity contribution >= 4 is 27.3 Å². The Hall–Kier alpha value is -2.60. The van der Waals surface area contributed by atoms with Gasteiger partial charge in [-0.3, -0.25) is 4.79 Å². The van der Waals surface area contributed by atoms with Gasteiger partial charge in [0.1, 0.15) is 16.4 Å². The number of amides is 1. The van der Waals surface area contributed by atoms with E-state index in [0.29, 0.717) is 28.1 Å². The van der Waals surface area contributed by atoms with Crippen molar-refractivity contribution in [3.63, 3.8) is 0 Å². The van der Waals surface area contributed by atoms with Gasteiger partial charge in [0.2, 0.25) is 0 Å². The molecular weight excluding hydrogens is 341 g/mol. The Morgan fingerprint density at radius 1 is 1.24 bits per heavy atom. The van der Waals surface area contributed by atoms with Crippen molar-refractivity contribution in [1.29, 1.82) is 0 Å². The van der Waals surface area contributed by atoms with E-state index in [1.807, 2.05) is 31.2 Å². The second-order valence-corrected chi connectivity index (χ2v) is 6.39. The van der Waals surface area contributed by atoms with E-state index in [4.69, 9.17) is 9.47 Å². The summed E-state index contributed by atoms with van der Waals surface area (Å²) in [5.74, 6) is 0.350. The predicted molar refractivity (Wildman–Crippen MR) is 97.1 cm³/mol. The van der Waals surface area contributed by atoms with Gasteiger partial charge in [-0.2, -0.15) is 0 Å². The highest BCUT2D eigenvalue weighted by Crippen LogP contribution is 2.39. The van der Waals surface area contributed by atoms with Gasteiger partial charge in [-0.15, -0.1) is 11.3 Å². The second-order valence-electron chi connectivity index (χ2n) is 5.34. The second kappa shape index (κ2) is 7.53. The molecule has 0 bridgehead atoms. The van der Waals surface area contributed by atoms with Gasteiger partial charge in [-0.25, -0.2) is 4.39 Å². The molecule has 1 aromatic heterocycles. The number of carbonyl (C=O) groups is 1. The van der Waals surface area contributed by atoms with E-state index in [-0.39, 0.29) is 11.7 Å². The van der Waals surface area contributed by atoms with E-state index in [9.17, 15) is 9.18 Å². The van der Waals surface area contributed by atoms with Crippen LogP contribution in [0.25, 0.3) is 10.1 Å². The maximum Gasteiger partial charge on any atom is 0.265 e. The molecule has 0 aliphatic carbocycles. The summed E-state index contributed by atoms with van der Waals surface area (Å²) in [6.07, 6.45) is 0. The minimum atomic E-state index is -0.394. The molecule has 0 aliphatic heterocycles. The fourth-order valence-corrected chi connectivity index (χ4v) is 3.70. The van der Waals surface area contributed by atoms with E-state index in [2.05, 4.69) is 5.32 Å². The van der Waals surface area contributed by atoms with Crippen LogP contribution in [0.15, 0.2) is 42.5 Å². The van der Waals surface area contributed by atoms with Crippen LogP contribution in [0.1, 0.15) is 22.2 Å². The molecule has 3 rings (SSSR count). The summed E-state index contributed by atoms with van der Waals surface area (Å²) in [6.45, 7) is 2.85. The van der Waals surface area contributed by atoms with Gasteiger partial charge >= 0.3 is 0 Å². The highest BCUT2D eigenvalue weighted by Gasteiger charge is 2.21. The molecule has 0 spiro atoms. The molecule has 1 amide bonds. The Bertz CT molecular complexity index is 907. The minimum absolute atomic E-state index is 0.277. The van der Waals surface area contributed by atoms with E-state index in [1.54, 1.807) is 12.1 Å². The molecule has 0 saturated heterocycles. The number of carbonyl (C=O) groups excluding carboxylic acids is 1. The van der Waals surface area contributed by atoms with Crippen LogP contribution in [0.4, 0.5) is 4.39 Å². The highest BCUT2D eigenvalue weighted by atomic mass is 32.1. The Kier molecular flexibility index (Phi) is 5.19. The lowest BCUT2D eigenvalue weighted by atomic mass is 10.2. The van der Waals surface area contributed by atoms with Crippen molar-refractivity contribution in [2.75, 3.05) is 13.7 Å². The molecule has 3 aromatic rings. The van der Waals surface area contributed by atoms with Crippen LogP contribution in [0.2, 0.25) is 0 Å². The number of fused-ring (bicyclic) bond motifs is 1. The molecule has 0 aliphatic rings. The molecule has 1 heterocycles. The molecular formula is C19H18FNO3S.